The maximum absolute atomic E-state index is 11.7. The van der Waals surface area contributed by atoms with Crippen LogP contribution >= 0.6 is 0 Å². The van der Waals surface area contributed by atoms with Crippen LogP contribution in [0.4, 0.5) is 0 Å². The third kappa shape index (κ3) is 4.30. The minimum Gasteiger partial charge on any atom is -0.481 e. The summed E-state index contributed by atoms with van der Waals surface area (Å²) in [7, 11) is -1.35. The van der Waals surface area contributed by atoms with Gasteiger partial charge in [0.2, 0.25) is 5.91 Å². The maximum Gasteiger partial charge on any atom is 0.304 e. The van der Waals surface area contributed by atoms with Gasteiger partial charge in [-0.05, 0) is 19.8 Å². The molecular formula is C10H17NO4S. The number of nitrogens with zero attached hydrogens (tertiary/aromatic N) is 1. The van der Waals surface area contributed by atoms with Crippen molar-refractivity contribution in [2.45, 2.75) is 32.2 Å². The van der Waals surface area contributed by atoms with Crippen molar-refractivity contribution in [3.05, 3.63) is 0 Å². The van der Waals surface area contributed by atoms with E-state index in [1.165, 1.54) is 0 Å². The first-order valence-corrected chi connectivity index (χ1v) is 6.89. The van der Waals surface area contributed by atoms with Gasteiger partial charge in [0.15, 0.2) is 0 Å². The normalized spacial score (nSPS) is 16.8. The zero-order valence-corrected chi connectivity index (χ0v) is 10.2. The molecule has 0 aromatic carbocycles. The quantitative estimate of drug-likeness (QED) is 0.698. The average molecular weight is 247 g/mol. The fourth-order valence-corrected chi connectivity index (χ4v) is 2.51. The molecular weight excluding hydrogens is 230 g/mol. The van der Waals surface area contributed by atoms with Crippen LogP contribution in [0, 0.1) is 0 Å². The zero-order chi connectivity index (χ0) is 12.1. The van der Waals surface area contributed by atoms with Crippen molar-refractivity contribution in [1.29, 1.82) is 0 Å². The molecule has 1 unspecified atom stereocenters. The van der Waals surface area contributed by atoms with Crippen LogP contribution in [0.1, 0.15) is 26.2 Å². The molecule has 0 aromatic heterocycles. The summed E-state index contributed by atoms with van der Waals surface area (Å²) in [4.78, 5) is 23.7. The van der Waals surface area contributed by atoms with Crippen LogP contribution in [-0.2, 0) is 20.4 Å². The molecule has 16 heavy (non-hydrogen) atoms. The van der Waals surface area contributed by atoms with E-state index in [-0.39, 0.29) is 23.8 Å². The van der Waals surface area contributed by atoms with Crippen LogP contribution in [0.15, 0.2) is 0 Å². The highest BCUT2D eigenvalue weighted by Crippen LogP contribution is 2.26. The van der Waals surface area contributed by atoms with Gasteiger partial charge in [-0.1, -0.05) is 0 Å². The monoisotopic (exact) mass is 247 g/mol. The molecule has 0 bridgehead atoms. The van der Waals surface area contributed by atoms with Gasteiger partial charge in [0, 0.05) is 29.1 Å². The third-order valence-corrected chi connectivity index (χ3v) is 3.71. The van der Waals surface area contributed by atoms with Gasteiger partial charge >= 0.3 is 5.97 Å². The number of hydrogen-bond acceptors (Lipinski definition) is 3. The number of carboxylic acids is 1. The minimum atomic E-state index is -1.35. The lowest BCUT2D eigenvalue weighted by atomic mass is 10.4. The number of carbonyl (C=O) groups is 2. The largest absolute Gasteiger partial charge is 0.481 e. The van der Waals surface area contributed by atoms with Gasteiger partial charge in [-0.25, -0.2) is 0 Å². The lowest BCUT2D eigenvalue weighted by molar-refractivity contribution is -0.136. The number of amides is 1. The Labute approximate surface area is 97.3 Å². The van der Waals surface area contributed by atoms with E-state index < -0.39 is 16.8 Å². The number of carboxylic acid groups (broad SMARTS) is 1. The molecule has 1 N–H and O–H groups in total. The molecule has 5 nitrogen and oxygen atoms in total. The lowest BCUT2D eigenvalue weighted by Crippen LogP contribution is -2.36. The Morgan fingerprint density at radius 1 is 1.44 bits per heavy atom. The van der Waals surface area contributed by atoms with Crippen LogP contribution in [0.2, 0.25) is 0 Å². The number of rotatable bonds is 7. The molecule has 0 spiro atoms. The molecule has 1 amide bonds. The summed E-state index contributed by atoms with van der Waals surface area (Å²) in [6.07, 6.45) is 1.91. The van der Waals surface area contributed by atoms with Crippen LogP contribution in [-0.4, -0.2) is 50.2 Å². The van der Waals surface area contributed by atoms with Gasteiger partial charge in [0.05, 0.1) is 6.42 Å². The number of carbonyl (C=O) groups excluding carboxylic acids is 1. The SMILES string of the molecule is CCN(C(=O)CS(=O)CCC(=O)O)C1CC1. The Kier molecular flexibility index (Phi) is 4.92. The Morgan fingerprint density at radius 2 is 2.06 bits per heavy atom. The molecule has 6 heteroatoms. The number of aliphatic carboxylic acids is 1. The number of hydrogen-bond donors (Lipinski definition) is 1. The summed E-state index contributed by atoms with van der Waals surface area (Å²) in [6, 6.07) is 0.328. The Hall–Kier alpha value is -0.910. The van der Waals surface area contributed by atoms with E-state index in [9.17, 15) is 13.8 Å². The van der Waals surface area contributed by atoms with Crippen LogP contribution in [0.5, 0.6) is 0 Å². The molecule has 92 valence electrons. The van der Waals surface area contributed by atoms with E-state index in [1.54, 1.807) is 4.90 Å². The minimum absolute atomic E-state index is 0.0440. The topological polar surface area (TPSA) is 74.7 Å². The summed E-state index contributed by atoms with van der Waals surface area (Å²) in [5.41, 5.74) is 0. The van der Waals surface area contributed by atoms with E-state index >= 15 is 0 Å². The molecule has 1 aliphatic rings. The molecule has 1 fully saturated rings. The van der Waals surface area contributed by atoms with Crippen molar-refractivity contribution in [2.75, 3.05) is 18.1 Å². The molecule has 0 saturated heterocycles. The second-order valence-corrected chi connectivity index (χ2v) is 5.42. The summed E-state index contributed by atoms with van der Waals surface area (Å²) in [5, 5.41) is 8.42. The first-order chi connectivity index (χ1) is 7.54. The van der Waals surface area contributed by atoms with Crippen LogP contribution in [0.3, 0.4) is 0 Å². The van der Waals surface area contributed by atoms with Crippen molar-refractivity contribution >= 4 is 22.7 Å². The van der Waals surface area contributed by atoms with Gasteiger partial charge in [-0.15, -0.1) is 0 Å². The van der Waals surface area contributed by atoms with Gasteiger partial charge in [-0.3, -0.25) is 13.8 Å². The average Bonchev–Trinajstić information content (AvgIpc) is 3.00. The van der Waals surface area contributed by atoms with Crippen molar-refractivity contribution < 1.29 is 18.9 Å². The van der Waals surface area contributed by atoms with E-state index in [0.29, 0.717) is 12.6 Å². The second kappa shape index (κ2) is 5.98. The van der Waals surface area contributed by atoms with E-state index in [0.717, 1.165) is 12.8 Å². The van der Waals surface area contributed by atoms with Crippen molar-refractivity contribution in [2.24, 2.45) is 0 Å². The molecule has 1 aliphatic carbocycles. The molecule has 1 saturated carbocycles. The molecule has 0 aliphatic heterocycles. The van der Waals surface area contributed by atoms with Gasteiger partial charge < -0.3 is 10.0 Å². The molecule has 1 rings (SSSR count). The third-order valence-electron chi connectivity index (χ3n) is 2.48. The smallest absolute Gasteiger partial charge is 0.304 e. The molecule has 0 aromatic rings. The Bertz CT molecular complexity index is 301. The van der Waals surface area contributed by atoms with Crippen LogP contribution in [0.25, 0.3) is 0 Å². The Morgan fingerprint density at radius 3 is 2.50 bits per heavy atom. The summed E-state index contributed by atoms with van der Waals surface area (Å²) in [6.45, 7) is 2.54. The van der Waals surface area contributed by atoms with E-state index in [1.807, 2.05) is 6.92 Å². The standard InChI is InChI=1S/C10H17NO4S/c1-2-11(8-3-4-8)9(12)7-16(15)6-5-10(13)14/h8H,2-7H2,1H3,(H,13,14). The highest BCUT2D eigenvalue weighted by atomic mass is 32.2. The Balaban J connectivity index is 2.31. The highest BCUT2D eigenvalue weighted by molar-refractivity contribution is 7.85. The molecule has 0 radical (unpaired) electrons. The van der Waals surface area contributed by atoms with Crippen LogP contribution < -0.4 is 0 Å². The molecule has 0 heterocycles. The van der Waals surface area contributed by atoms with Gasteiger partial charge in [0.1, 0.15) is 5.75 Å². The second-order valence-electron chi connectivity index (χ2n) is 3.84. The summed E-state index contributed by atoms with van der Waals surface area (Å²) in [5.74, 6) is -1.08. The van der Waals surface area contributed by atoms with Crippen molar-refractivity contribution in [3.63, 3.8) is 0 Å². The fraction of sp³-hybridized carbons (Fsp3) is 0.800. The maximum atomic E-state index is 11.7. The predicted molar refractivity (Wildman–Crippen MR) is 60.5 cm³/mol. The van der Waals surface area contributed by atoms with Gasteiger partial charge in [0.25, 0.3) is 0 Å². The fourth-order valence-electron chi connectivity index (χ4n) is 1.52. The van der Waals surface area contributed by atoms with E-state index in [2.05, 4.69) is 0 Å². The highest BCUT2D eigenvalue weighted by Gasteiger charge is 2.31. The van der Waals surface area contributed by atoms with Crippen molar-refractivity contribution in [1.82, 2.24) is 4.90 Å². The predicted octanol–water partition coefficient (Wildman–Crippen LogP) is 0.221. The van der Waals surface area contributed by atoms with Crippen molar-refractivity contribution in [3.8, 4) is 0 Å². The zero-order valence-electron chi connectivity index (χ0n) is 9.35. The summed E-state index contributed by atoms with van der Waals surface area (Å²) < 4.78 is 11.4. The summed E-state index contributed by atoms with van der Waals surface area (Å²) >= 11 is 0. The first kappa shape index (κ1) is 13.2. The first-order valence-electron chi connectivity index (χ1n) is 5.40. The lowest BCUT2D eigenvalue weighted by Gasteiger charge is -2.19. The van der Waals surface area contributed by atoms with Gasteiger partial charge in [-0.2, -0.15) is 0 Å². The van der Waals surface area contributed by atoms with E-state index in [4.69, 9.17) is 5.11 Å². The molecule has 1 atom stereocenters.